The van der Waals surface area contributed by atoms with Crippen molar-refractivity contribution >= 4 is 86.9 Å². The van der Waals surface area contributed by atoms with Gasteiger partial charge in [0, 0.05) is 0 Å². The number of hydrogen-bond donors (Lipinski definition) is 2. The van der Waals surface area contributed by atoms with Crippen molar-refractivity contribution in [3.8, 4) is 34.5 Å². The highest BCUT2D eigenvalue weighted by atomic mass is 19.1. The molecule has 0 atom stereocenters. The molecule has 6 aliphatic rings. The van der Waals surface area contributed by atoms with Crippen LogP contribution in [0.15, 0.2) is 182 Å². The molecule has 0 bridgehead atoms. The molecule has 9 aromatic rings. The van der Waals surface area contributed by atoms with Gasteiger partial charge in [-0.2, -0.15) is 0 Å². The van der Waals surface area contributed by atoms with E-state index in [1.54, 1.807) is 78.9 Å². The zero-order chi connectivity index (χ0) is 60.0. The summed E-state index contributed by atoms with van der Waals surface area (Å²) < 4.78 is 102. The predicted octanol–water partition coefficient (Wildman–Crippen LogP) is 8.72. The molecule has 6 aliphatic heterocycles. The van der Waals surface area contributed by atoms with Crippen molar-refractivity contribution < 1.29 is 74.5 Å². The lowest BCUT2D eigenvalue weighted by atomic mass is 9.71. The van der Waals surface area contributed by atoms with Crippen LogP contribution in [0.2, 0.25) is 0 Å². The fraction of sp³-hybridized carbons (Fsp3) is 0.111. The van der Waals surface area contributed by atoms with E-state index in [2.05, 4.69) is 9.69 Å². The molecule has 15 nitrogen and oxygen atoms in total. The van der Waals surface area contributed by atoms with Crippen LogP contribution in [-0.2, 0) is 76.7 Å². The number of benzene rings is 9. The zero-order valence-electron chi connectivity index (χ0n) is 46.4. The summed E-state index contributed by atoms with van der Waals surface area (Å²) in [5.41, 5.74) is 12.6. The highest BCUT2D eigenvalue weighted by molar-refractivity contribution is 6.76. The second-order valence-corrected chi connectivity index (χ2v) is 20.6. The summed E-state index contributed by atoms with van der Waals surface area (Å²) in [4.78, 5) is 6.73. The van der Waals surface area contributed by atoms with Gasteiger partial charge >= 0.3 is 42.7 Å². The summed E-state index contributed by atoms with van der Waals surface area (Å²) in [5.74, 6) is 3.42. The molecule has 0 radical (unpaired) electrons. The van der Waals surface area contributed by atoms with Crippen molar-refractivity contribution in [1.82, 2.24) is 0 Å². The molecule has 0 spiro atoms. The zero-order valence-corrected chi connectivity index (χ0v) is 46.4. The Morgan fingerprint density at radius 1 is 0.345 bits per heavy atom. The molecule has 426 valence electrons. The monoisotopic (exact) mass is 1160 g/mol. The van der Waals surface area contributed by atoms with Crippen LogP contribution in [0.4, 0.5) is 24.5 Å². The van der Waals surface area contributed by atoms with E-state index in [9.17, 15) is 18.2 Å². The average molecular weight is 1160 g/mol. The van der Waals surface area contributed by atoms with E-state index in [0.29, 0.717) is 79.5 Å². The van der Waals surface area contributed by atoms with Crippen molar-refractivity contribution in [3.63, 3.8) is 0 Å². The van der Waals surface area contributed by atoms with Crippen LogP contribution in [0.25, 0.3) is 9.69 Å². The van der Waals surface area contributed by atoms with Crippen LogP contribution in [0.1, 0.15) is 38.9 Å². The van der Waals surface area contributed by atoms with E-state index in [1.807, 2.05) is 73.7 Å². The van der Waals surface area contributed by atoms with E-state index < -0.39 is 42.7 Å². The molecule has 0 saturated heterocycles. The SMILES string of the molecule is Fc1ccc2c(c1)COB2OB1OCc2cc(F)ccc21.OB1OCc2cc(F)ccc21.[C-]#[N+]c1ccc(Oc2ccc3c(c2)COB3O)cc1.[C-]#[N+]c1ccc(Oc2ccc3c(c2)COB3OB2OCc3cc(Oc4ccc(C)cc4)ccc32)cc1. The molecule has 0 saturated carbocycles. The summed E-state index contributed by atoms with van der Waals surface area (Å²) >= 11 is 0. The van der Waals surface area contributed by atoms with Crippen molar-refractivity contribution in [1.29, 1.82) is 0 Å². The lowest BCUT2D eigenvalue weighted by molar-refractivity contribution is 0.238. The van der Waals surface area contributed by atoms with Crippen LogP contribution in [-0.4, -0.2) is 52.8 Å². The molecule has 15 rings (SSSR count). The number of hydrogen-bond acceptors (Lipinski definition) is 13. The van der Waals surface area contributed by atoms with Crippen LogP contribution < -0.4 is 47.0 Å². The molecule has 0 amide bonds. The number of nitrogens with zero attached hydrogens (tertiary/aromatic N) is 2. The third-order valence-electron chi connectivity index (χ3n) is 14.7. The average Bonchev–Trinajstić information content (AvgIpc) is 2.30. The Hall–Kier alpha value is -8.86. The first-order valence-corrected chi connectivity index (χ1v) is 27.5. The van der Waals surface area contributed by atoms with Crippen molar-refractivity contribution in [2.75, 3.05) is 0 Å². The van der Waals surface area contributed by atoms with E-state index in [4.69, 9.17) is 69.4 Å². The second kappa shape index (κ2) is 26.4. The van der Waals surface area contributed by atoms with E-state index in [1.165, 1.54) is 42.0 Å². The normalized spacial score (nSPS) is 14.4. The van der Waals surface area contributed by atoms with Crippen LogP contribution in [0.5, 0.6) is 34.5 Å². The number of ether oxygens (including phenoxy) is 3. The van der Waals surface area contributed by atoms with Gasteiger partial charge in [-0.1, -0.05) is 78.4 Å². The minimum absolute atomic E-state index is 0.290. The number of fused-ring (bicyclic) bond motifs is 6. The minimum Gasteiger partial charge on any atom is -0.457 e. The van der Waals surface area contributed by atoms with E-state index >= 15 is 0 Å². The van der Waals surface area contributed by atoms with Gasteiger partial charge in [-0.25, -0.2) is 22.9 Å². The lowest BCUT2D eigenvalue weighted by Gasteiger charge is -2.13. The van der Waals surface area contributed by atoms with Crippen LogP contribution >= 0.6 is 0 Å². The fourth-order valence-corrected chi connectivity index (χ4v) is 10.2. The molecule has 87 heavy (non-hydrogen) atoms. The topological polar surface area (TPSA) is 151 Å². The van der Waals surface area contributed by atoms with E-state index in [-0.39, 0.29) is 17.5 Å². The van der Waals surface area contributed by atoms with Gasteiger partial charge in [-0.05, 0) is 182 Å². The molecular weight excluding hydrogens is 1110 g/mol. The molecule has 9 aromatic carbocycles. The maximum absolute atomic E-state index is 13.2. The number of aryl methyl sites for hydroxylation is 1. The highest BCUT2D eigenvalue weighted by Gasteiger charge is 2.41. The van der Waals surface area contributed by atoms with Crippen molar-refractivity contribution in [2.24, 2.45) is 0 Å². The lowest BCUT2D eigenvalue weighted by Crippen LogP contribution is -2.43. The molecule has 6 heterocycles. The molecule has 0 aromatic heterocycles. The van der Waals surface area contributed by atoms with Gasteiger partial charge in [0.25, 0.3) is 0 Å². The van der Waals surface area contributed by atoms with Gasteiger partial charge in [0.1, 0.15) is 51.9 Å². The first kappa shape index (κ1) is 58.5. The predicted molar refractivity (Wildman–Crippen MR) is 323 cm³/mol. The molecule has 0 aliphatic carbocycles. The summed E-state index contributed by atoms with van der Waals surface area (Å²) in [6.45, 7) is 18.2. The number of halogens is 3. The third kappa shape index (κ3) is 13.9. The Kier molecular flexibility index (Phi) is 17.8. The van der Waals surface area contributed by atoms with E-state index in [0.717, 1.165) is 72.2 Å². The number of rotatable bonds is 10. The second-order valence-electron chi connectivity index (χ2n) is 20.6. The first-order chi connectivity index (χ1) is 42.4. The minimum atomic E-state index is -0.870. The first-order valence-electron chi connectivity index (χ1n) is 27.5. The van der Waals surface area contributed by atoms with Crippen molar-refractivity contribution in [3.05, 3.63) is 261 Å². The van der Waals surface area contributed by atoms with Gasteiger partial charge in [-0.3, -0.25) is 0 Å². The van der Waals surface area contributed by atoms with Crippen LogP contribution in [0, 0.1) is 37.5 Å². The van der Waals surface area contributed by atoms with Gasteiger partial charge in [0.05, 0.1) is 52.8 Å². The quantitative estimate of drug-likeness (QED) is 0.0994. The standard InChI is InChI=1S/C28H21B2NO5.C14H10B2F2O3.C14H10BNO3.C7H6BFO2/c1-19-3-7-23(8-4-19)34-25-11-13-27-20(15-25)17-32-29(27)36-30-28-14-12-26(16-21(28)18-33-30)35-24-9-5-22(31-2)6-10-24;17-11-1-3-13-9(5-11)7-19-15(13)21-16-14-4-2-12(18)6-10(14)8-20-16;1-16-11-2-4-12(5-3-11)19-13-6-7-14-10(8-13)9-18-15(14)17;9-6-1-2-7-5(3-6)4-11-8(7)10/h3-16H,17-18H2,1H3;1-6H,7-8H2;2-8,17H,9H2;1-3,10H,4H2. The Morgan fingerprint density at radius 3 is 0.966 bits per heavy atom. The van der Waals surface area contributed by atoms with Gasteiger partial charge in [0.15, 0.2) is 11.4 Å². The Labute approximate surface area is 501 Å². The molecular formula is C63H47B6F3N2O13. The Bertz CT molecular complexity index is 4010. The maximum Gasteiger partial charge on any atom is 0.491 e. The Balaban J connectivity index is 0.000000123. The molecule has 24 heteroatoms. The Morgan fingerprint density at radius 2 is 0.609 bits per heavy atom. The largest absolute Gasteiger partial charge is 0.491 e. The summed E-state index contributed by atoms with van der Waals surface area (Å²) in [6, 6.07) is 52.3. The maximum atomic E-state index is 13.2. The molecule has 0 unspecified atom stereocenters. The van der Waals surface area contributed by atoms with Crippen LogP contribution in [0.3, 0.4) is 0 Å². The van der Waals surface area contributed by atoms with Gasteiger partial charge < -0.3 is 61.3 Å². The van der Waals surface area contributed by atoms with Crippen molar-refractivity contribution in [2.45, 2.75) is 46.6 Å². The summed E-state index contributed by atoms with van der Waals surface area (Å²) in [7, 11) is -3.93. The smallest absolute Gasteiger partial charge is 0.457 e. The van der Waals surface area contributed by atoms with Gasteiger partial charge in [0.2, 0.25) is 0 Å². The van der Waals surface area contributed by atoms with Gasteiger partial charge in [-0.15, -0.1) is 0 Å². The summed E-state index contributed by atoms with van der Waals surface area (Å²) in [6.07, 6.45) is 0. The molecule has 0 fully saturated rings. The third-order valence-corrected chi connectivity index (χ3v) is 14.7. The fourth-order valence-electron chi connectivity index (χ4n) is 10.2. The summed E-state index contributed by atoms with van der Waals surface area (Å²) in [5, 5.41) is 18.7. The highest BCUT2D eigenvalue weighted by Crippen LogP contribution is 2.30. The molecule has 2 N–H and O–H groups in total.